The lowest BCUT2D eigenvalue weighted by atomic mass is 10.1. The number of benzene rings is 2. The van der Waals surface area contributed by atoms with E-state index < -0.39 is 33.6 Å². The minimum Gasteiger partial charge on any atom is -0.319 e. The van der Waals surface area contributed by atoms with E-state index in [1.165, 1.54) is 23.5 Å². The van der Waals surface area contributed by atoms with Gasteiger partial charge in [-0.15, -0.1) is 11.3 Å². The minimum atomic E-state index is -3.44. The number of sulfone groups is 1. The highest BCUT2D eigenvalue weighted by atomic mass is 32.2. The molecule has 0 bridgehead atoms. The number of aromatic nitrogens is 1. The molecule has 1 aliphatic rings. The minimum absolute atomic E-state index is 0.190. The van der Waals surface area contributed by atoms with Gasteiger partial charge in [-0.2, -0.15) is 4.99 Å². The number of rotatable bonds is 7. The fourth-order valence-electron chi connectivity index (χ4n) is 3.64. The zero-order valence-electron chi connectivity index (χ0n) is 17.7. The van der Waals surface area contributed by atoms with Crippen molar-refractivity contribution in [3.05, 3.63) is 87.7 Å². The maximum absolute atomic E-state index is 13.2. The molecular weight excluding hydrogens is 462 g/mol. The van der Waals surface area contributed by atoms with Gasteiger partial charge in [0.05, 0.1) is 16.9 Å². The van der Waals surface area contributed by atoms with Crippen molar-refractivity contribution in [3.8, 4) is 0 Å². The normalized spacial score (nSPS) is 15.1. The predicted octanol–water partition coefficient (Wildman–Crippen LogP) is 2.12. The molecule has 170 valence electrons. The molecule has 1 unspecified atom stereocenters. The highest BCUT2D eigenvalue weighted by Crippen LogP contribution is 2.26. The number of hydrogen-bond donors (Lipinski definition) is 0. The van der Waals surface area contributed by atoms with Crippen molar-refractivity contribution < 1.29 is 22.8 Å². The standard InChI is InChI=1S/C23H21N3O5S2/c1-33(30,31)14-11-19(26-21(28)17-9-5-6-10-18(17)22(26)29)20(27)24-23-25(12-13-32-23)15-16-7-3-2-4-8-16/h2-10,12-13,19H,11,14-15H2,1H3. The molecular formula is C23H21N3O5S2. The number of nitrogens with zero attached hydrogens (tertiary/aromatic N) is 3. The third kappa shape index (κ3) is 5.01. The van der Waals surface area contributed by atoms with Crippen molar-refractivity contribution in [1.29, 1.82) is 0 Å². The molecule has 0 fully saturated rings. The van der Waals surface area contributed by atoms with Crippen LogP contribution in [-0.4, -0.2) is 53.7 Å². The molecule has 0 radical (unpaired) electrons. The second-order valence-electron chi connectivity index (χ2n) is 7.71. The molecule has 0 spiro atoms. The van der Waals surface area contributed by atoms with Gasteiger partial charge in [0.25, 0.3) is 17.7 Å². The van der Waals surface area contributed by atoms with E-state index in [0.29, 0.717) is 11.3 Å². The molecule has 0 aliphatic carbocycles. The van der Waals surface area contributed by atoms with Crippen molar-refractivity contribution in [3.63, 3.8) is 0 Å². The molecule has 2 heterocycles. The molecule has 1 atom stereocenters. The topological polar surface area (TPSA) is 106 Å². The molecule has 3 aromatic rings. The number of thiazole rings is 1. The van der Waals surface area contributed by atoms with Crippen molar-refractivity contribution in [1.82, 2.24) is 9.47 Å². The first-order chi connectivity index (χ1) is 15.7. The molecule has 33 heavy (non-hydrogen) atoms. The van der Waals surface area contributed by atoms with E-state index >= 15 is 0 Å². The highest BCUT2D eigenvalue weighted by Gasteiger charge is 2.42. The SMILES string of the molecule is CS(=O)(=O)CCC(C(=O)N=c1sccn1Cc1ccccc1)N1C(=O)c2ccccc2C1=O. The molecule has 0 saturated carbocycles. The van der Waals surface area contributed by atoms with Crippen LogP contribution in [0.25, 0.3) is 0 Å². The maximum atomic E-state index is 13.2. The van der Waals surface area contributed by atoms with Crippen LogP contribution in [0.4, 0.5) is 0 Å². The van der Waals surface area contributed by atoms with Gasteiger partial charge in [-0.25, -0.2) is 8.42 Å². The lowest BCUT2D eigenvalue weighted by Gasteiger charge is -2.23. The molecule has 4 rings (SSSR count). The van der Waals surface area contributed by atoms with Gasteiger partial charge in [-0.05, 0) is 24.1 Å². The first-order valence-corrected chi connectivity index (χ1v) is 13.1. The second-order valence-corrected chi connectivity index (χ2v) is 10.8. The Morgan fingerprint density at radius 3 is 2.21 bits per heavy atom. The van der Waals surface area contributed by atoms with Crippen LogP contribution in [0.15, 0.2) is 71.2 Å². The molecule has 1 aliphatic heterocycles. The summed E-state index contributed by atoms with van der Waals surface area (Å²) >= 11 is 1.24. The first-order valence-electron chi connectivity index (χ1n) is 10.2. The first kappa shape index (κ1) is 22.8. The Balaban J connectivity index is 1.68. The predicted molar refractivity (Wildman–Crippen MR) is 123 cm³/mol. The van der Waals surface area contributed by atoms with E-state index in [0.717, 1.165) is 16.7 Å². The van der Waals surface area contributed by atoms with Crippen LogP contribution in [-0.2, 0) is 21.2 Å². The summed E-state index contributed by atoms with van der Waals surface area (Å²) in [5.41, 5.74) is 1.39. The van der Waals surface area contributed by atoms with Crippen molar-refractivity contribution in [2.24, 2.45) is 4.99 Å². The van der Waals surface area contributed by atoms with E-state index in [-0.39, 0.29) is 23.3 Å². The Kier molecular flexibility index (Phi) is 6.39. The smallest absolute Gasteiger partial charge is 0.271 e. The number of carbonyl (C=O) groups excluding carboxylic acids is 3. The van der Waals surface area contributed by atoms with Gasteiger partial charge in [0.1, 0.15) is 15.9 Å². The second kappa shape index (κ2) is 9.24. The van der Waals surface area contributed by atoms with E-state index in [1.54, 1.807) is 28.3 Å². The van der Waals surface area contributed by atoms with E-state index in [2.05, 4.69) is 4.99 Å². The summed E-state index contributed by atoms with van der Waals surface area (Å²) in [5, 5.41) is 1.78. The summed E-state index contributed by atoms with van der Waals surface area (Å²) in [6.07, 6.45) is 2.61. The van der Waals surface area contributed by atoms with E-state index in [4.69, 9.17) is 0 Å². The van der Waals surface area contributed by atoms with Crippen molar-refractivity contribution >= 4 is 38.9 Å². The van der Waals surface area contributed by atoms with Gasteiger partial charge in [-0.3, -0.25) is 19.3 Å². The Hall–Kier alpha value is -3.37. The Bertz CT molecular complexity index is 1360. The Morgan fingerprint density at radius 1 is 1.00 bits per heavy atom. The fourth-order valence-corrected chi connectivity index (χ4v) is 5.02. The van der Waals surface area contributed by atoms with Crippen LogP contribution in [0, 0.1) is 0 Å². The molecule has 0 saturated heterocycles. The van der Waals surface area contributed by atoms with Crippen molar-refractivity contribution in [2.75, 3.05) is 12.0 Å². The number of hydrogen-bond acceptors (Lipinski definition) is 6. The molecule has 1 aromatic heterocycles. The summed E-state index contributed by atoms with van der Waals surface area (Å²) in [7, 11) is -3.44. The Labute approximate surface area is 194 Å². The van der Waals surface area contributed by atoms with E-state index in [9.17, 15) is 22.8 Å². The number of imide groups is 1. The maximum Gasteiger partial charge on any atom is 0.271 e. The third-order valence-electron chi connectivity index (χ3n) is 5.25. The molecule has 8 nitrogen and oxygen atoms in total. The molecule has 3 amide bonds. The van der Waals surface area contributed by atoms with Crippen LogP contribution < -0.4 is 4.80 Å². The van der Waals surface area contributed by atoms with Gasteiger partial charge in [-0.1, -0.05) is 42.5 Å². The van der Waals surface area contributed by atoms with Crippen LogP contribution in [0.1, 0.15) is 32.7 Å². The summed E-state index contributed by atoms with van der Waals surface area (Å²) in [5.74, 6) is -2.35. The lowest BCUT2D eigenvalue weighted by Crippen LogP contribution is -2.45. The van der Waals surface area contributed by atoms with Crippen LogP contribution >= 0.6 is 11.3 Å². The van der Waals surface area contributed by atoms with E-state index in [1.807, 2.05) is 30.3 Å². The zero-order valence-corrected chi connectivity index (χ0v) is 19.4. The molecule has 0 N–H and O–H groups in total. The van der Waals surface area contributed by atoms with Gasteiger partial charge in [0, 0.05) is 24.4 Å². The van der Waals surface area contributed by atoms with Crippen LogP contribution in [0.3, 0.4) is 0 Å². The average molecular weight is 484 g/mol. The largest absolute Gasteiger partial charge is 0.319 e. The van der Waals surface area contributed by atoms with Crippen molar-refractivity contribution in [2.45, 2.75) is 19.0 Å². The summed E-state index contributed by atoms with van der Waals surface area (Å²) in [6, 6.07) is 14.6. The Morgan fingerprint density at radius 2 is 1.61 bits per heavy atom. The highest BCUT2D eigenvalue weighted by molar-refractivity contribution is 7.90. The summed E-state index contributed by atoms with van der Waals surface area (Å²) in [6.45, 7) is 0.484. The summed E-state index contributed by atoms with van der Waals surface area (Å²) in [4.78, 5) is 44.6. The van der Waals surface area contributed by atoms with Gasteiger partial charge in [0.2, 0.25) is 0 Å². The number of fused-ring (bicyclic) bond motifs is 1. The van der Waals surface area contributed by atoms with Crippen LogP contribution in [0.2, 0.25) is 0 Å². The lowest BCUT2D eigenvalue weighted by molar-refractivity contribution is -0.122. The number of carbonyl (C=O) groups is 3. The molecule has 2 aromatic carbocycles. The monoisotopic (exact) mass is 483 g/mol. The quantitative estimate of drug-likeness (QED) is 0.479. The zero-order chi connectivity index (χ0) is 23.6. The summed E-state index contributed by atoms with van der Waals surface area (Å²) < 4.78 is 25.4. The average Bonchev–Trinajstić information content (AvgIpc) is 3.31. The number of amides is 3. The van der Waals surface area contributed by atoms with Crippen LogP contribution in [0.5, 0.6) is 0 Å². The van der Waals surface area contributed by atoms with Gasteiger partial charge >= 0.3 is 0 Å². The van der Waals surface area contributed by atoms with Gasteiger partial charge in [0.15, 0.2) is 4.80 Å². The molecule has 10 heteroatoms. The van der Waals surface area contributed by atoms with Gasteiger partial charge < -0.3 is 4.57 Å². The third-order valence-corrected chi connectivity index (χ3v) is 7.02. The fraction of sp³-hybridized carbons (Fsp3) is 0.217.